The van der Waals surface area contributed by atoms with Gasteiger partial charge in [-0.05, 0) is 86.3 Å². The molecule has 0 aliphatic carbocycles. The standard InChI is InChI=1S/C44H24OS2/c1-3-12-31-29(10-1)41(25-17-19-28-27-9-5-7-15-35(27)45-36(28)23-25)30-11-2-4-13-32(30)42(31)26-18-20-34-40(24-26)47-39-22-21-38-43(44(34)39)33-14-6-8-16-37(33)46-38/h1-24H. The third-order valence-corrected chi connectivity index (χ3v) is 12.1. The number of thiophene rings is 2. The molecule has 0 spiro atoms. The van der Waals surface area contributed by atoms with E-state index in [-0.39, 0.29) is 0 Å². The highest BCUT2D eigenvalue weighted by atomic mass is 32.1. The summed E-state index contributed by atoms with van der Waals surface area (Å²) in [6.07, 6.45) is 0. The maximum atomic E-state index is 6.34. The minimum Gasteiger partial charge on any atom is -0.456 e. The van der Waals surface area contributed by atoms with Gasteiger partial charge in [-0.1, -0.05) is 103 Å². The average molecular weight is 633 g/mol. The van der Waals surface area contributed by atoms with Crippen LogP contribution in [-0.4, -0.2) is 0 Å². The van der Waals surface area contributed by atoms with E-state index in [0.717, 1.165) is 21.9 Å². The van der Waals surface area contributed by atoms with Gasteiger partial charge in [0.1, 0.15) is 11.2 Å². The highest BCUT2D eigenvalue weighted by molar-refractivity contribution is 7.28. The van der Waals surface area contributed by atoms with Crippen molar-refractivity contribution >= 4 is 107 Å². The fourth-order valence-electron chi connectivity index (χ4n) is 7.87. The van der Waals surface area contributed by atoms with Gasteiger partial charge in [-0.2, -0.15) is 0 Å². The number of para-hydroxylation sites is 1. The van der Waals surface area contributed by atoms with Gasteiger partial charge in [0.15, 0.2) is 0 Å². The summed E-state index contributed by atoms with van der Waals surface area (Å²) >= 11 is 3.80. The molecule has 0 radical (unpaired) electrons. The van der Waals surface area contributed by atoms with E-state index in [4.69, 9.17) is 4.42 Å². The summed E-state index contributed by atoms with van der Waals surface area (Å²) in [6.45, 7) is 0. The first kappa shape index (κ1) is 25.7. The zero-order valence-corrected chi connectivity index (χ0v) is 26.7. The van der Waals surface area contributed by atoms with Crippen LogP contribution in [0.3, 0.4) is 0 Å². The highest BCUT2D eigenvalue weighted by Gasteiger charge is 2.19. The van der Waals surface area contributed by atoms with Gasteiger partial charge >= 0.3 is 0 Å². The lowest BCUT2D eigenvalue weighted by atomic mass is 9.85. The number of hydrogen-bond donors (Lipinski definition) is 0. The van der Waals surface area contributed by atoms with E-state index < -0.39 is 0 Å². The molecular formula is C44H24OS2. The van der Waals surface area contributed by atoms with E-state index >= 15 is 0 Å². The van der Waals surface area contributed by atoms with Crippen molar-refractivity contribution in [1.82, 2.24) is 0 Å². The Morgan fingerprint density at radius 1 is 0.319 bits per heavy atom. The monoisotopic (exact) mass is 632 g/mol. The van der Waals surface area contributed by atoms with Crippen molar-refractivity contribution < 1.29 is 4.42 Å². The summed E-state index contributed by atoms with van der Waals surface area (Å²) in [4.78, 5) is 0. The van der Waals surface area contributed by atoms with Crippen LogP contribution in [0.4, 0.5) is 0 Å². The smallest absolute Gasteiger partial charge is 0.136 e. The molecule has 0 unspecified atom stereocenters. The van der Waals surface area contributed by atoms with Crippen LogP contribution in [-0.2, 0) is 0 Å². The van der Waals surface area contributed by atoms with E-state index in [9.17, 15) is 0 Å². The molecule has 3 heteroatoms. The van der Waals surface area contributed by atoms with Crippen LogP contribution in [0.25, 0.3) is 106 Å². The van der Waals surface area contributed by atoms with E-state index in [2.05, 4.69) is 133 Å². The Hall–Kier alpha value is -5.48. The van der Waals surface area contributed by atoms with Crippen molar-refractivity contribution in [2.45, 2.75) is 0 Å². The maximum absolute atomic E-state index is 6.34. The fraction of sp³-hybridized carbons (Fsp3) is 0. The van der Waals surface area contributed by atoms with Crippen LogP contribution in [0.2, 0.25) is 0 Å². The quantitative estimate of drug-likeness (QED) is 0.173. The van der Waals surface area contributed by atoms with Crippen LogP contribution < -0.4 is 0 Å². The average Bonchev–Trinajstić information content (AvgIpc) is 3.80. The Morgan fingerprint density at radius 3 is 1.45 bits per heavy atom. The van der Waals surface area contributed by atoms with Crippen molar-refractivity contribution in [2.75, 3.05) is 0 Å². The zero-order valence-electron chi connectivity index (χ0n) is 25.1. The van der Waals surface area contributed by atoms with E-state index in [1.165, 1.54) is 84.1 Å². The Balaban J connectivity index is 1.18. The van der Waals surface area contributed by atoms with Crippen molar-refractivity contribution in [3.05, 3.63) is 146 Å². The van der Waals surface area contributed by atoms with Gasteiger partial charge in [-0.25, -0.2) is 0 Å². The van der Waals surface area contributed by atoms with Crippen molar-refractivity contribution in [1.29, 1.82) is 0 Å². The van der Waals surface area contributed by atoms with E-state index in [1.54, 1.807) is 0 Å². The second-order valence-electron chi connectivity index (χ2n) is 12.4. The number of fused-ring (bicyclic) bond motifs is 12. The van der Waals surface area contributed by atoms with Gasteiger partial charge in [0.05, 0.1) is 0 Å². The largest absolute Gasteiger partial charge is 0.456 e. The zero-order chi connectivity index (χ0) is 30.6. The number of benzene rings is 8. The summed E-state index contributed by atoms with van der Waals surface area (Å²) < 4.78 is 11.7. The molecular weight excluding hydrogens is 609 g/mol. The topological polar surface area (TPSA) is 13.1 Å². The molecule has 0 amide bonds. The van der Waals surface area contributed by atoms with Crippen molar-refractivity contribution in [3.63, 3.8) is 0 Å². The molecule has 11 aromatic rings. The third kappa shape index (κ3) is 3.58. The fourth-order valence-corrected chi connectivity index (χ4v) is 10.1. The first-order chi connectivity index (χ1) is 23.3. The molecule has 0 aliphatic rings. The molecule has 0 saturated carbocycles. The Bertz CT molecular complexity index is 3020. The molecule has 47 heavy (non-hydrogen) atoms. The molecule has 0 saturated heterocycles. The minimum absolute atomic E-state index is 0.920. The minimum atomic E-state index is 0.920. The number of hydrogen-bond acceptors (Lipinski definition) is 3. The molecule has 8 aromatic carbocycles. The van der Waals surface area contributed by atoms with Crippen molar-refractivity contribution in [3.8, 4) is 22.3 Å². The molecule has 0 fully saturated rings. The summed E-state index contributed by atoms with van der Waals surface area (Å²) in [5.41, 5.74) is 6.80. The molecule has 0 atom stereocenters. The van der Waals surface area contributed by atoms with Crippen LogP contribution >= 0.6 is 22.7 Å². The lowest BCUT2D eigenvalue weighted by Gasteiger charge is -2.17. The predicted octanol–water partition coefficient (Wildman–Crippen LogP) is 14.0. The Kier molecular flexibility index (Phi) is 5.20. The Labute approximate surface area is 277 Å². The SMILES string of the molecule is c1ccc2c(c1)oc1cc(-c3c4ccccc4c(-c4ccc5c(c4)sc4ccc6sc7ccccc7c6c45)c4ccccc34)ccc12. The Morgan fingerprint density at radius 2 is 0.787 bits per heavy atom. The van der Waals surface area contributed by atoms with Crippen LogP contribution in [0.5, 0.6) is 0 Å². The van der Waals surface area contributed by atoms with Gasteiger partial charge in [0, 0.05) is 51.1 Å². The van der Waals surface area contributed by atoms with Crippen LogP contribution in [0.1, 0.15) is 0 Å². The summed E-state index contributed by atoms with van der Waals surface area (Å²) in [6, 6.07) is 53.4. The second-order valence-corrected chi connectivity index (χ2v) is 14.5. The van der Waals surface area contributed by atoms with Crippen molar-refractivity contribution in [2.24, 2.45) is 0 Å². The summed E-state index contributed by atoms with van der Waals surface area (Å²) in [5.74, 6) is 0. The molecule has 1 nitrogen and oxygen atoms in total. The van der Waals surface area contributed by atoms with Gasteiger partial charge in [0.25, 0.3) is 0 Å². The van der Waals surface area contributed by atoms with E-state index in [0.29, 0.717) is 0 Å². The maximum Gasteiger partial charge on any atom is 0.136 e. The highest BCUT2D eigenvalue weighted by Crippen LogP contribution is 2.48. The number of furan rings is 1. The molecule has 3 heterocycles. The lowest BCUT2D eigenvalue weighted by Crippen LogP contribution is -1.90. The lowest BCUT2D eigenvalue weighted by molar-refractivity contribution is 0.669. The van der Waals surface area contributed by atoms with Crippen LogP contribution in [0.15, 0.2) is 150 Å². The first-order valence-electron chi connectivity index (χ1n) is 15.9. The van der Waals surface area contributed by atoms with Gasteiger partial charge in [-0.15, -0.1) is 22.7 Å². The molecule has 0 aliphatic heterocycles. The summed E-state index contributed by atoms with van der Waals surface area (Å²) in [7, 11) is 0. The second kappa shape index (κ2) is 9.52. The van der Waals surface area contributed by atoms with Gasteiger partial charge in [-0.3, -0.25) is 0 Å². The molecule has 0 bridgehead atoms. The van der Waals surface area contributed by atoms with Crippen LogP contribution in [0, 0.1) is 0 Å². The normalized spacial score (nSPS) is 12.3. The first-order valence-corrected chi connectivity index (χ1v) is 17.6. The third-order valence-electron chi connectivity index (χ3n) is 9.86. The van der Waals surface area contributed by atoms with E-state index in [1.807, 2.05) is 34.8 Å². The van der Waals surface area contributed by atoms with Gasteiger partial charge < -0.3 is 4.42 Å². The number of rotatable bonds is 2. The summed E-state index contributed by atoms with van der Waals surface area (Å²) in [5, 5.41) is 12.8. The molecule has 3 aromatic heterocycles. The predicted molar refractivity (Wildman–Crippen MR) is 205 cm³/mol. The van der Waals surface area contributed by atoms with Gasteiger partial charge in [0.2, 0.25) is 0 Å². The molecule has 11 rings (SSSR count). The molecule has 218 valence electrons. The molecule has 0 N–H and O–H groups in total.